The van der Waals surface area contributed by atoms with Crippen LogP contribution in [0.3, 0.4) is 0 Å². The van der Waals surface area contributed by atoms with Gasteiger partial charge in [0.1, 0.15) is 0 Å². The van der Waals surface area contributed by atoms with Crippen LogP contribution in [0.15, 0.2) is 90.3 Å². The second kappa shape index (κ2) is 13.8. The number of hydrogen-bond acceptors (Lipinski definition) is 6. The first-order valence-electron chi connectivity index (χ1n) is 13.8. The molecule has 0 spiro atoms. The van der Waals surface area contributed by atoms with E-state index in [1.807, 2.05) is 61.1 Å². The maximum Gasteiger partial charge on any atom is 0.315 e. The molecule has 5 rings (SSSR count). The number of imidazole rings is 1. The van der Waals surface area contributed by atoms with Gasteiger partial charge in [-0.05, 0) is 40.8 Å². The highest BCUT2D eigenvalue weighted by atomic mass is 32.2. The fraction of sp³-hybridized carbons (Fsp3) is 0.312. The van der Waals surface area contributed by atoms with Crippen molar-refractivity contribution in [2.75, 3.05) is 12.3 Å². The molecule has 9 heteroatoms. The molecule has 3 aromatic carbocycles. The van der Waals surface area contributed by atoms with Crippen molar-refractivity contribution in [2.45, 2.75) is 50.2 Å². The van der Waals surface area contributed by atoms with E-state index in [1.54, 1.807) is 18.0 Å². The molecule has 4 aromatic rings. The van der Waals surface area contributed by atoms with Crippen molar-refractivity contribution in [2.24, 2.45) is 7.05 Å². The maximum absolute atomic E-state index is 11.8. The number of amides is 2. The van der Waals surface area contributed by atoms with Crippen LogP contribution in [0.4, 0.5) is 4.79 Å². The van der Waals surface area contributed by atoms with Gasteiger partial charge >= 0.3 is 6.03 Å². The summed E-state index contributed by atoms with van der Waals surface area (Å²) in [6, 6.07) is 24.2. The lowest BCUT2D eigenvalue weighted by molar-refractivity contribution is -0.245. The molecular weight excluding hydrogens is 536 g/mol. The smallest absolute Gasteiger partial charge is 0.315 e. The number of ether oxygens (including phenoxy) is 2. The molecule has 41 heavy (non-hydrogen) atoms. The zero-order valence-electron chi connectivity index (χ0n) is 23.3. The molecule has 1 aliphatic rings. The van der Waals surface area contributed by atoms with Gasteiger partial charge < -0.3 is 29.8 Å². The van der Waals surface area contributed by atoms with Crippen LogP contribution < -0.4 is 10.6 Å². The molecule has 0 saturated carbocycles. The summed E-state index contributed by atoms with van der Waals surface area (Å²) < 4.78 is 15.0. The molecule has 3 N–H and O–H groups in total. The molecule has 2 heterocycles. The van der Waals surface area contributed by atoms with E-state index in [9.17, 15) is 9.90 Å². The van der Waals surface area contributed by atoms with Gasteiger partial charge in [-0.2, -0.15) is 0 Å². The van der Waals surface area contributed by atoms with Crippen LogP contribution in [0.1, 0.15) is 48.0 Å². The minimum absolute atomic E-state index is 0.0143. The Labute approximate surface area is 245 Å². The molecule has 0 bridgehead atoms. The zero-order valence-corrected chi connectivity index (χ0v) is 24.1. The third-order valence-corrected chi connectivity index (χ3v) is 8.21. The largest absolute Gasteiger partial charge is 0.392 e. The summed E-state index contributed by atoms with van der Waals surface area (Å²) in [6.07, 6.45) is 3.78. The summed E-state index contributed by atoms with van der Waals surface area (Å²) in [4.78, 5) is 16.2. The van der Waals surface area contributed by atoms with Crippen LogP contribution in [0.2, 0.25) is 0 Å². The van der Waals surface area contributed by atoms with Gasteiger partial charge in [0.2, 0.25) is 0 Å². The molecule has 214 valence electrons. The van der Waals surface area contributed by atoms with Gasteiger partial charge in [0.05, 0.1) is 18.8 Å². The highest BCUT2D eigenvalue weighted by Gasteiger charge is 2.32. The summed E-state index contributed by atoms with van der Waals surface area (Å²) in [5.41, 5.74) is 6.06. The predicted octanol–water partition coefficient (Wildman–Crippen LogP) is 5.74. The second-order valence-electron chi connectivity index (χ2n) is 10.0. The van der Waals surface area contributed by atoms with Crippen LogP contribution in [-0.2, 0) is 29.7 Å². The molecule has 8 nitrogen and oxygen atoms in total. The van der Waals surface area contributed by atoms with Gasteiger partial charge in [0, 0.05) is 50.3 Å². The van der Waals surface area contributed by atoms with Crippen LogP contribution in [0.5, 0.6) is 0 Å². The summed E-state index contributed by atoms with van der Waals surface area (Å²) in [5, 5.41) is 16.0. The Balaban J connectivity index is 1.31. The number of hydrogen-bond donors (Lipinski definition) is 3. The van der Waals surface area contributed by atoms with Crippen LogP contribution in [0, 0.1) is 0 Å². The lowest BCUT2D eigenvalue weighted by Crippen LogP contribution is -2.34. The first-order valence-corrected chi connectivity index (χ1v) is 14.8. The Bertz CT molecular complexity index is 1420. The lowest BCUT2D eigenvalue weighted by atomic mass is 9.99. The number of benzene rings is 3. The second-order valence-corrected chi connectivity index (χ2v) is 11.0. The standard InChI is InChI=1S/C32H36N4O4S/c1-3-33-31(38)35-19-23-5-4-6-27(17-23)24-11-13-26(14-12-24)30-39-28(21-41-32-34-15-16-36(32)2)18-29(40-30)25-9-7-22(20-37)8-10-25/h4-17,28-30,37H,3,18-21H2,1-2H3,(H2,33,35,38)/t28-,29+,30+/m0/s1. The first kappa shape index (κ1) is 28.9. The number of nitrogens with zero attached hydrogens (tertiary/aromatic N) is 2. The number of aromatic nitrogens is 2. The van der Waals surface area contributed by atoms with E-state index in [0.717, 1.165) is 50.7 Å². The van der Waals surface area contributed by atoms with Crippen LogP contribution >= 0.6 is 11.8 Å². The molecule has 0 aliphatic carbocycles. The van der Waals surface area contributed by atoms with Gasteiger partial charge in [0.15, 0.2) is 11.4 Å². The van der Waals surface area contributed by atoms with Crippen molar-refractivity contribution in [3.63, 3.8) is 0 Å². The minimum Gasteiger partial charge on any atom is -0.392 e. The van der Waals surface area contributed by atoms with E-state index in [2.05, 4.69) is 52.0 Å². The number of aliphatic hydroxyl groups is 1. The highest BCUT2D eigenvalue weighted by molar-refractivity contribution is 7.99. The minimum atomic E-state index is -0.514. The van der Waals surface area contributed by atoms with E-state index < -0.39 is 6.29 Å². The number of thioether (sulfide) groups is 1. The van der Waals surface area contributed by atoms with Gasteiger partial charge in [-0.3, -0.25) is 0 Å². The Morgan fingerprint density at radius 1 is 1.00 bits per heavy atom. The Kier molecular flexibility index (Phi) is 9.74. The van der Waals surface area contributed by atoms with Crippen molar-refractivity contribution in [1.29, 1.82) is 0 Å². The fourth-order valence-corrected chi connectivity index (χ4v) is 5.73. The first-order chi connectivity index (χ1) is 20.0. The molecule has 2 amide bonds. The predicted molar refractivity (Wildman–Crippen MR) is 160 cm³/mol. The fourth-order valence-electron chi connectivity index (χ4n) is 4.78. The summed E-state index contributed by atoms with van der Waals surface area (Å²) in [7, 11) is 1.99. The molecular formula is C32H36N4O4S. The third-order valence-electron chi connectivity index (χ3n) is 7.02. The van der Waals surface area contributed by atoms with E-state index in [1.165, 1.54) is 0 Å². The molecule has 1 fully saturated rings. The highest BCUT2D eigenvalue weighted by Crippen LogP contribution is 2.39. The Hall–Kier alpha value is -3.63. The number of rotatable bonds is 10. The van der Waals surface area contributed by atoms with Gasteiger partial charge in [0.25, 0.3) is 0 Å². The molecule has 0 radical (unpaired) electrons. The number of carbonyl (C=O) groups is 1. The van der Waals surface area contributed by atoms with Crippen LogP contribution in [0.25, 0.3) is 11.1 Å². The Morgan fingerprint density at radius 2 is 1.78 bits per heavy atom. The summed E-state index contributed by atoms with van der Waals surface area (Å²) in [5.74, 6) is 0.755. The lowest BCUT2D eigenvalue weighted by Gasteiger charge is -2.36. The van der Waals surface area contributed by atoms with Crippen molar-refractivity contribution < 1.29 is 19.4 Å². The van der Waals surface area contributed by atoms with Crippen molar-refractivity contribution in [3.8, 4) is 11.1 Å². The third kappa shape index (κ3) is 7.56. The summed E-state index contributed by atoms with van der Waals surface area (Å²) in [6.45, 7) is 2.96. The maximum atomic E-state index is 11.8. The van der Waals surface area contributed by atoms with Gasteiger partial charge in [-0.25, -0.2) is 9.78 Å². The monoisotopic (exact) mass is 572 g/mol. The summed E-state index contributed by atoms with van der Waals surface area (Å²) >= 11 is 1.68. The average molecular weight is 573 g/mol. The topological polar surface area (TPSA) is 97.6 Å². The van der Waals surface area contributed by atoms with E-state index in [-0.39, 0.29) is 24.8 Å². The normalized spacial score (nSPS) is 18.7. The van der Waals surface area contributed by atoms with Crippen molar-refractivity contribution in [3.05, 3.63) is 107 Å². The number of urea groups is 1. The quantitative estimate of drug-likeness (QED) is 0.210. The van der Waals surface area contributed by atoms with Crippen molar-refractivity contribution in [1.82, 2.24) is 20.2 Å². The molecule has 1 aliphatic heterocycles. The molecule has 3 atom stereocenters. The number of carbonyl (C=O) groups excluding carboxylic acids is 1. The number of aryl methyl sites for hydroxylation is 1. The molecule has 1 saturated heterocycles. The van der Waals surface area contributed by atoms with E-state index in [4.69, 9.17) is 9.47 Å². The molecule has 1 aromatic heterocycles. The van der Waals surface area contributed by atoms with Crippen molar-refractivity contribution >= 4 is 17.8 Å². The number of aliphatic hydroxyl groups excluding tert-OH is 1. The van der Waals surface area contributed by atoms with Crippen LogP contribution in [-0.4, -0.2) is 39.1 Å². The van der Waals surface area contributed by atoms with Gasteiger partial charge in [-0.1, -0.05) is 78.5 Å². The van der Waals surface area contributed by atoms with Gasteiger partial charge in [-0.15, -0.1) is 0 Å². The van der Waals surface area contributed by atoms with E-state index >= 15 is 0 Å². The SMILES string of the molecule is CCNC(=O)NCc1cccc(-c2ccc([C@@H]3O[C@H](CSc4nccn4C)C[C@H](c4ccc(CO)cc4)O3)cc2)c1. The average Bonchev–Trinajstić information content (AvgIpc) is 3.43. The molecule has 0 unspecified atom stereocenters. The van der Waals surface area contributed by atoms with E-state index in [0.29, 0.717) is 13.1 Å². The zero-order chi connectivity index (χ0) is 28.6. The number of nitrogens with one attached hydrogen (secondary N) is 2. The Morgan fingerprint density at radius 3 is 2.49 bits per heavy atom.